The van der Waals surface area contributed by atoms with E-state index in [1.807, 2.05) is 6.07 Å². The summed E-state index contributed by atoms with van der Waals surface area (Å²) in [4.78, 5) is 25.7. The highest BCUT2D eigenvalue weighted by atomic mass is 35.5. The molecule has 8 nitrogen and oxygen atoms in total. The van der Waals surface area contributed by atoms with Crippen LogP contribution in [0.5, 0.6) is 0 Å². The normalized spacial score (nSPS) is 11.4. The molecule has 0 aliphatic rings. The predicted molar refractivity (Wildman–Crippen MR) is 123 cm³/mol. The molecule has 1 N–H and O–H groups in total. The summed E-state index contributed by atoms with van der Waals surface area (Å²) in [5.41, 5.74) is 0.874. The molecule has 1 amide bonds. The lowest BCUT2D eigenvalue weighted by molar-refractivity contribution is -0.114. The van der Waals surface area contributed by atoms with Crippen LogP contribution < -0.4 is 15.2 Å². The van der Waals surface area contributed by atoms with Gasteiger partial charge in [-0.25, -0.2) is 13.1 Å². The first-order chi connectivity index (χ1) is 14.5. The summed E-state index contributed by atoms with van der Waals surface area (Å²) >= 11 is 12.0. The van der Waals surface area contributed by atoms with E-state index in [1.54, 1.807) is 42.9 Å². The quantitative estimate of drug-likeness (QED) is 0.583. The molecule has 3 rings (SSSR count). The molecule has 11 heteroatoms. The Balaban J connectivity index is 1.93. The zero-order valence-corrected chi connectivity index (χ0v) is 19.3. The van der Waals surface area contributed by atoms with Crippen molar-refractivity contribution in [2.45, 2.75) is 6.92 Å². The largest absolute Gasteiger partial charge is 0.318 e. The fourth-order valence-corrected chi connectivity index (χ4v) is 4.52. The number of carbonyl (C=O) groups is 1. The van der Waals surface area contributed by atoms with Crippen molar-refractivity contribution < 1.29 is 13.2 Å². The maximum Gasteiger partial charge on any atom is 0.295 e. The Bertz CT molecular complexity index is 1300. The molecule has 1 heterocycles. The third-order valence-electron chi connectivity index (χ3n) is 4.68. The van der Waals surface area contributed by atoms with Gasteiger partial charge in [0.15, 0.2) is 0 Å². The van der Waals surface area contributed by atoms with Crippen molar-refractivity contribution >= 4 is 50.5 Å². The monoisotopic (exact) mass is 482 g/mol. The first-order valence-corrected chi connectivity index (χ1v) is 11.7. The SMILES string of the molecule is Cc1c(NC(=O)CN(c2ccc(Cl)cc2Cl)S(C)(=O)=O)c(=O)n(-c2ccccc2)n1C. The number of halogens is 2. The molecule has 0 aliphatic heterocycles. The molecular formula is C20H20Cl2N4O4S. The van der Waals surface area contributed by atoms with Crippen molar-refractivity contribution in [1.29, 1.82) is 0 Å². The fourth-order valence-electron chi connectivity index (χ4n) is 3.09. The van der Waals surface area contributed by atoms with Gasteiger partial charge < -0.3 is 5.32 Å². The van der Waals surface area contributed by atoms with Crippen LogP contribution in [0.4, 0.5) is 11.4 Å². The number of benzene rings is 2. The third-order valence-corrected chi connectivity index (χ3v) is 6.35. The predicted octanol–water partition coefficient (Wildman–Crippen LogP) is 3.20. The third kappa shape index (κ3) is 4.79. The van der Waals surface area contributed by atoms with Gasteiger partial charge in [0, 0.05) is 12.1 Å². The standard InChI is InChI=1S/C20H20Cl2N4O4S/c1-13-19(20(28)26(24(13)2)15-7-5-4-6-8-15)23-18(27)12-25(31(3,29)30)17-10-9-14(21)11-16(17)22/h4-11H,12H2,1-3H3,(H,23,27). The van der Waals surface area contributed by atoms with Gasteiger partial charge in [0.2, 0.25) is 15.9 Å². The lowest BCUT2D eigenvalue weighted by Gasteiger charge is -2.22. The van der Waals surface area contributed by atoms with Crippen molar-refractivity contribution in [3.05, 3.63) is 74.6 Å². The summed E-state index contributed by atoms with van der Waals surface area (Å²) < 4.78 is 28.5. The number of amides is 1. The Kier molecular flexibility index (Phi) is 6.49. The molecular weight excluding hydrogens is 463 g/mol. The molecule has 0 atom stereocenters. The van der Waals surface area contributed by atoms with Crippen molar-refractivity contribution in [2.75, 3.05) is 22.4 Å². The van der Waals surface area contributed by atoms with Gasteiger partial charge in [-0.2, -0.15) is 0 Å². The van der Waals surface area contributed by atoms with Gasteiger partial charge in [0.25, 0.3) is 5.56 Å². The molecule has 0 bridgehead atoms. The van der Waals surface area contributed by atoms with Crippen molar-refractivity contribution in [3.8, 4) is 5.69 Å². The van der Waals surface area contributed by atoms with Gasteiger partial charge >= 0.3 is 0 Å². The molecule has 0 unspecified atom stereocenters. The van der Waals surface area contributed by atoms with Crippen LogP contribution in [0, 0.1) is 6.92 Å². The van der Waals surface area contributed by atoms with E-state index in [1.165, 1.54) is 22.9 Å². The Morgan fingerprint density at radius 2 is 1.77 bits per heavy atom. The number of carbonyl (C=O) groups excluding carboxylic acids is 1. The van der Waals surface area contributed by atoms with Crippen LogP contribution in [0.15, 0.2) is 53.3 Å². The van der Waals surface area contributed by atoms with E-state index in [0.29, 0.717) is 16.4 Å². The first kappa shape index (κ1) is 22.9. The minimum Gasteiger partial charge on any atom is -0.318 e. The number of hydrogen-bond donors (Lipinski definition) is 1. The van der Waals surface area contributed by atoms with Crippen LogP contribution in [-0.4, -0.2) is 36.5 Å². The molecule has 0 saturated carbocycles. The number of aromatic nitrogens is 2. The Morgan fingerprint density at radius 1 is 1.13 bits per heavy atom. The van der Waals surface area contributed by atoms with Crippen LogP contribution in [0.3, 0.4) is 0 Å². The minimum absolute atomic E-state index is 0.0620. The topological polar surface area (TPSA) is 93.4 Å². The number of anilines is 2. The van der Waals surface area contributed by atoms with Crippen LogP contribution in [0.25, 0.3) is 5.69 Å². The van der Waals surface area contributed by atoms with Crippen molar-refractivity contribution in [3.63, 3.8) is 0 Å². The Morgan fingerprint density at radius 3 is 2.35 bits per heavy atom. The summed E-state index contributed by atoms with van der Waals surface area (Å²) in [5, 5.41) is 2.95. The maximum atomic E-state index is 13.0. The van der Waals surface area contributed by atoms with E-state index in [0.717, 1.165) is 10.6 Å². The van der Waals surface area contributed by atoms with Crippen molar-refractivity contribution in [2.24, 2.45) is 7.05 Å². The van der Waals surface area contributed by atoms with E-state index in [2.05, 4.69) is 5.32 Å². The smallest absolute Gasteiger partial charge is 0.295 e. The number of rotatable bonds is 6. The average molecular weight is 483 g/mol. The molecule has 31 heavy (non-hydrogen) atoms. The molecule has 3 aromatic rings. The number of sulfonamides is 1. The van der Waals surface area contributed by atoms with Gasteiger partial charge in [-0.3, -0.25) is 18.6 Å². The highest BCUT2D eigenvalue weighted by Gasteiger charge is 2.25. The molecule has 0 fully saturated rings. The molecule has 0 saturated heterocycles. The second-order valence-electron chi connectivity index (χ2n) is 6.85. The number of nitrogens with one attached hydrogen (secondary N) is 1. The van der Waals surface area contributed by atoms with Gasteiger partial charge in [0.05, 0.1) is 28.3 Å². The number of nitrogens with zero attached hydrogens (tertiary/aromatic N) is 3. The van der Waals surface area contributed by atoms with E-state index in [9.17, 15) is 18.0 Å². The average Bonchev–Trinajstić information content (AvgIpc) is 2.90. The van der Waals surface area contributed by atoms with E-state index >= 15 is 0 Å². The van der Waals surface area contributed by atoms with Gasteiger partial charge in [-0.1, -0.05) is 41.4 Å². The van der Waals surface area contributed by atoms with Gasteiger partial charge in [-0.05, 0) is 37.3 Å². The van der Waals surface area contributed by atoms with Crippen LogP contribution in [0.1, 0.15) is 5.69 Å². The van der Waals surface area contributed by atoms with E-state index in [-0.39, 0.29) is 16.4 Å². The minimum atomic E-state index is -3.85. The lowest BCUT2D eigenvalue weighted by atomic mass is 10.3. The van der Waals surface area contributed by atoms with Gasteiger partial charge in [0.1, 0.15) is 12.2 Å². The summed E-state index contributed by atoms with van der Waals surface area (Å²) in [6.07, 6.45) is 0.960. The van der Waals surface area contributed by atoms with E-state index < -0.39 is 28.0 Å². The second kappa shape index (κ2) is 8.78. The lowest BCUT2D eigenvalue weighted by Crippen LogP contribution is -2.38. The first-order valence-electron chi connectivity index (χ1n) is 9.07. The molecule has 2 aromatic carbocycles. The maximum absolute atomic E-state index is 13.0. The van der Waals surface area contributed by atoms with Crippen LogP contribution in [0.2, 0.25) is 10.0 Å². The zero-order chi connectivity index (χ0) is 22.9. The highest BCUT2D eigenvalue weighted by molar-refractivity contribution is 7.92. The number of para-hydroxylation sites is 1. The summed E-state index contributed by atoms with van der Waals surface area (Å²) in [5.74, 6) is -0.692. The molecule has 0 aliphatic carbocycles. The second-order valence-corrected chi connectivity index (χ2v) is 9.60. The van der Waals surface area contributed by atoms with Crippen LogP contribution in [-0.2, 0) is 21.9 Å². The summed E-state index contributed by atoms with van der Waals surface area (Å²) in [6, 6.07) is 13.2. The molecule has 0 radical (unpaired) electrons. The molecule has 1 aromatic heterocycles. The zero-order valence-electron chi connectivity index (χ0n) is 17.0. The number of hydrogen-bond acceptors (Lipinski definition) is 4. The molecule has 0 spiro atoms. The Labute approximate surface area is 189 Å². The van der Waals surface area contributed by atoms with Crippen LogP contribution >= 0.6 is 23.2 Å². The van der Waals surface area contributed by atoms with E-state index in [4.69, 9.17) is 23.2 Å². The fraction of sp³-hybridized carbons (Fsp3) is 0.200. The Hall–Kier alpha value is -2.75. The summed E-state index contributed by atoms with van der Waals surface area (Å²) in [6.45, 7) is 1.11. The van der Waals surface area contributed by atoms with Crippen molar-refractivity contribution in [1.82, 2.24) is 9.36 Å². The van der Waals surface area contributed by atoms with Gasteiger partial charge in [-0.15, -0.1) is 0 Å². The highest BCUT2D eigenvalue weighted by Crippen LogP contribution is 2.30. The molecule has 164 valence electrons. The summed E-state index contributed by atoms with van der Waals surface area (Å²) in [7, 11) is -2.16.